The normalized spacial score (nSPS) is 14.1. The zero-order valence-electron chi connectivity index (χ0n) is 15.8. The van der Waals surface area contributed by atoms with Gasteiger partial charge in [-0.25, -0.2) is 9.67 Å². The maximum absolute atomic E-state index is 13.3. The molecule has 1 aliphatic carbocycles. The van der Waals surface area contributed by atoms with Crippen LogP contribution in [-0.2, 0) is 6.54 Å². The third kappa shape index (κ3) is 3.44. The Kier molecular flexibility index (Phi) is 4.64. The number of halogens is 1. The number of pyridine rings is 1. The molecule has 2 heterocycles. The Morgan fingerprint density at radius 3 is 2.74 bits per heavy atom. The van der Waals surface area contributed by atoms with E-state index in [9.17, 15) is 4.79 Å². The van der Waals surface area contributed by atoms with Gasteiger partial charge in [-0.1, -0.05) is 29.8 Å². The van der Waals surface area contributed by atoms with Gasteiger partial charge in [0, 0.05) is 36.3 Å². The predicted molar refractivity (Wildman–Crippen MR) is 107 cm³/mol. The van der Waals surface area contributed by atoms with Crippen molar-refractivity contribution in [2.24, 2.45) is 0 Å². The Morgan fingerprint density at radius 1 is 1.33 bits per heavy atom. The topological polar surface area (TPSA) is 51.0 Å². The van der Waals surface area contributed by atoms with E-state index in [1.54, 1.807) is 11.1 Å². The summed E-state index contributed by atoms with van der Waals surface area (Å²) < 4.78 is 1.89. The molecule has 6 heteroatoms. The second-order valence-corrected chi connectivity index (χ2v) is 7.95. The average molecular weight is 383 g/mol. The highest BCUT2D eigenvalue weighted by Crippen LogP contribution is 2.40. The lowest BCUT2D eigenvalue weighted by molar-refractivity contribution is 0.0787. The number of rotatable bonds is 5. The van der Waals surface area contributed by atoms with Crippen molar-refractivity contribution in [2.75, 3.05) is 7.05 Å². The molecule has 0 aliphatic heterocycles. The molecular formula is C21H23ClN4O. The third-order valence-electron chi connectivity index (χ3n) is 5.01. The van der Waals surface area contributed by atoms with Crippen LogP contribution in [0.3, 0.4) is 0 Å². The van der Waals surface area contributed by atoms with E-state index in [2.05, 4.69) is 18.9 Å². The van der Waals surface area contributed by atoms with Crippen molar-refractivity contribution < 1.29 is 4.79 Å². The number of hydrogen-bond donors (Lipinski definition) is 0. The fraction of sp³-hybridized carbons (Fsp3) is 0.381. The van der Waals surface area contributed by atoms with Crippen molar-refractivity contribution in [2.45, 2.75) is 45.2 Å². The lowest BCUT2D eigenvalue weighted by Gasteiger charge is -2.19. The minimum Gasteiger partial charge on any atom is -0.337 e. The van der Waals surface area contributed by atoms with Gasteiger partial charge in [0.2, 0.25) is 0 Å². The minimum absolute atomic E-state index is 0.0347. The highest BCUT2D eigenvalue weighted by molar-refractivity contribution is 6.31. The fourth-order valence-electron chi connectivity index (χ4n) is 3.34. The van der Waals surface area contributed by atoms with Gasteiger partial charge in [0.15, 0.2) is 5.65 Å². The average Bonchev–Trinajstić information content (AvgIpc) is 3.41. The van der Waals surface area contributed by atoms with Crippen LogP contribution in [0.25, 0.3) is 11.0 Å². The second-order valence-electron chi connectivity index (χ2n) is 7.54. The quantitative estimate of drug-likeness (QED) is 0.635. The van der Waals surface area contributed by atoms with Crippen LogP contribution in [0.1, 0.15) is 60.3 Å². The number of aromatic nitrogens is 3. The van der Waals surface area contributed by atoms with Crippen molar-refractivity contribution in [3.8, 4) is 0 Å². The number of benzene rings is 1. The van der Waals surface area contributed by atoms with Crippen LogP contribution < -0.4 is 0 Å². The summed E-state index contributed by atoms with van der Waals surface area (Å²) >= 11 is 6.27. The van der Waals surface area contributed by atoms with Gasteiger partial charge in [0.05, 0.1) is 17.1 Å². The van der Waals surface area contributed by atoms with Gasteiger partial charge in [0.1, 0.15) is 0 Å². The molecule has 3 aromatic rings. The van der Waals surface area contributed by atoms with Crippen molar-refractivity contribution in [3.63, 3.8) is 0 Å². The SMILES string of the molecule is CC(C)n1ncc2c(C(=O)N(C)Cc3ccccc3Cl)cc(C3CC3)nc21. The van der Waals surface area contributed by atoms with Gasteiger partial charge in [-0.05, 0) is 44.4 Å². The van der Waals surface area contributed by atoms with Gasteiger partial charge in [-0.2, -0.15) is 5.10 Å². The summed E-state index contributed by atoms with van der Waals surface area (Å²) in [4.78, 5) is 19.8. The van der Waals surface area contributed by atoms with E-state index >= 15 is 0 Å². The summed E-state index contributed by atoms with van der Waals surface area (Å²) in [6, 6.07) is 9.76. The summed E-state index contributed by atoms with van der Waals surface area (Å²) in [5.74, 6) is 0.429. The van der Waals surface area contributed by atoms with E-state index in [0.29, 0.717) is 23.0 Å². The van der Waals surface area contributed by atoms with Crippen LogP contribution in [0.2, 0.25) is 5.02 Å². The highest BCUT2D eigenvalue weighted by atomic mass is 35.5. The Labute approximate surface area is 164 Å². The van der Waals surface area contributed by atoms with Crippen molar-refractivity contribution in [1.29, 1.82) is 0 Å². The number of fused-ring (bicyclic) bond motifs is 1. The minimum atomic E-state index is -0.0347. The van der Waals surface area contributed by atoms with E-state index in [1.165, 1.54) is 0 Å². The lowest BCUT2D eigenvalue weighted by atomic mass is 10.1. The molecule has 0 bridgehead atoms. The standard InChI is InChI=1S/C21H23ClN4O/c1-13(2)26-20-17(11-23-26)16(10-19(24-20)14-8-9-14)21(27)25(3)12-15-6-4-5-7-18(15)22/h4-7,10-11,13-14H,8-9,12H2,1-3H3. The largest absolute Gasteiger partial charge is 0.337 e. The molecular weight excluding hydrogens is 360 g/mol. The number of hydrogen-bond acceptors (Lipinski definition) is 3. The maximum Gasteiger partial charge on any atom is 0.254 e. The summed E-state index contributed by atoms with van der Waals surface area (Å²) in [5.41, 5.74) is 3.40. The Morgan fingerprint density at radius 2 is 2.07 bits per heavy atom. The molecule has 1 fully saturated rings. The van der Waals surface area contributed by atoms with E-state index in [4.69, 9.17) is 16.6 Å². The first kappa shape index (κ1) is 18.0. The van der Waals surface area contributed by atoms with Gasteiger partial charge in [-0.3, -0.25) is 4.79 Å². The molecule has 1 saturated carbocycles. The van der Waals surface area contributed by atoms with Crippen LogP contribution in [0.15, 0.2) is 36.5 Å². The molecule has 4 rings (SSSR count). The molecule has 0 spiro atoms. The molecule has 27 heavy (non-hydrogen) atoms. The zero-order chi connectivity index (χ0) is 19.1. The summed E-state index contributed by atoms with van der Waals surface area (Å²) in [6.45, 7) is 4.60. The molecule has 1 amide bonds. The monoisotopic (exact) mass is 382 g/mol. The smallest absolute Gasteiger partial charge is 0.254 e. The van der Waals surface area contributed by atoms with Crippen molar-refractivity contribution >= 4 is 28.5 Å². The lowest BCUT2D eigenvalue weighted by Crippen LogP contribution is -2.26. The van der Waals surface area contributed by atoms with Crippen LogP contribution in [0, 0.1) is 0 Å². The van der Waals surface area contributed by atoms with Gasteiger partial charge >= 0.3 is 0 Å². The first-order chi connectivity index (χ1) is 13.0. The molecule has 0 unspecified atom stereocenters. The van der Waals surface area contributed by atoms with E-state index < -0.39 is 0 Å². The summed E-state index contributed by atoms with van der Waals surface area (Å²) in [7, 11) is 1.81. The molecule has 0 atom stereocenters. The van der Waals surface area contributed by atoms with Crippen molar-refractivity contribution in [1.82, 2.24) is 19.7 Å². The first-order valence-corrected chi connectivity index (χ1v) is 9.70. The molecule has 0 saturated heterocycles. The number of carbonyl (C=O) groups excluding carboxylic acids is 1. The second kappa shape index (κ2) is 6.97. The molecule has 5 nitrogen and oxygen atoms in total. The van der Waals surface area contributed by atoms with Crippen LogP contribution in [0.5, 0.6) is 0 Å². The number of amides is 1. The van der Waals surface area contributed by atoms with E-state index in [-0.39, 0.29) is 11.9 Å². The zero-order valence-corrected chi connectivity index (χ0v) is 16.6. The molecule has 2 aromatic heterocycles. The molecule has 1 aromatic carbocycles. The highest BCUT2D eigenvalue weighted by Gasteiger charge is 2.29. The van der Waals surface area contributed by atoms with Gasteiger partial charge in [0.25, 0.3) is 5.91 Å². The van der Waals surface area contributed by atoms with Crippen LogP contribution in [-0.4, -0.2) is 32.6 Å². The summed E-state index contributed by atoms with van der Waals surface area (Å²) in [6.07, 6.45) is 4.03. The Bertz CT molecular complexity index is 1010. The summed E-state index contributed by atoms with van der Waals surface area (Å²) in [5, 5.41) is 5.96. The number of nitrogens with zero attached hydrogens (tertiary/aromatic N) is 4. The number of carbonyl (C=O) groups is 1. The molecule has 140 valence electrons. The molecule has 0 radical (unpaired) electrons. The van der Waals surface area contributed by atoms with Crippen LogP contribution in [0.4, 0.5) is 0 Å². The maximum atomic E-state index is 13.3. The predicted octanol–water partition coefficient (Wildman–Crippen LogP) is 4.82. The molecule has 0 N–H and O–H groups in total. The molecule has 1 aliphatic rings. The third-order valence-corrected chi connectivity index (χ3v) is 5.38. The van der Waals surface area contributed by atoms with E-state index in [1.807, 2.05) is 42.1 Å². The van der Waals surface area contributed by atoms with Crippen molar-refractivity contribution in [3.05, 3.63) is 58.4 Å². The van der Waals surface area contributed by atoms with Gasteiger partial charge < -0.3 is 4.90 Å². The van der Waals surface area contributed by atoms with E-state index in [0.717, 1.165) is 35.1 Å². The van der Waals surface area contributed by atoms with Crippen LogP contribution >= 0.6 is 11.6 Å². The fourth-order valence-corrected chi connectivity index (χ4v) is 3.54. The Hall–Kier alpha value is -2.40. The first-order valence-electron chi connectivity index (χ1n) is 9.32. The van der Waals surface area contributed by atoms with Gasteiger partial charge in [-0.15, -0.1) is 0 Å². The Balaban J connectivity index is 1.73.